The molecule has 0 unspecified atom stereocenters. The summed E-state index contributed by atoms with van der Waals surface area (Å²) in [6.45, 7) is 5.42. The number of carbonyl (C=O) groups is 1. The van der Waals surface area contributed by atoms with E-state index in [0.29, 0.717) is 5.69 Å². The molecule has 0 bridgehead atoms. The maximum Gasteiger partial charge on any atom is 0.230 e. The number of amides is 1. The number of anilines is 1. The number of nitrogens with one attached hydrogen (secondary N) is 1. The molecule has 1 aliphatic heterocycles. The van der Waals surface area contributed by atoms with Crippen molar-refractivity contribution >= 4 is 22.9 Å². The SMILES string of the molecule is CN1CCN(Cc2cccc(-c3nc(CC(=O)Nc4cccnc4)cs3)c2)CC1. The summed E-state index contributed by atoms with van der Waals surface area (Å²) in [4.78, 5) is 25.8. The number of benzene rings is 1. The van der Waals surface area contributed by atoms with Crippen molar-refractivity contribution in [3.8, 4) is 10.6 Å². The van der Waals surface area contributed by atoms with Crippen LogP contribution in [0.5, 0.6) is 0 Å². The van der Waals surface area contributed by atoms with Gasteiger partial charge in [0.2, 0.25) is 5.91 Å². The summed E-state index contributed by atoms with van der Waals surface area (Å²) in [6, 6.07) is 12.2. The van der Waals surface area contributed by atoms with E-state index in [4.69, 9.17) is 0 Å². The molecule has 1 fully saturated rings. The maximum absolute atomic E-state index is 12.2. The first kappa shape index (κ1) is 19.7. The summed E-state index contributed by atoms with van der Waals surface area (Å²) in [5.74, 6) is -0.0846. The molecule has 29 heavy (non-hydrogen) atoms. The number of thiazole rings is 1. The highest BCUT2D eigenvalue weighted by molar-refractivity contribution is 7.13. The van der Waals surface area contributed by atoms with Crippen LogP contribution in [0.1, 0.15) is 11.3 Å². The number of likely N-dealkylation sites (N-methyl/N-ethyl adjacent to an activating group) is 1. The summed E-state index contributed by atoms with van der Waals surface area (Å²) in [6.07, 6.45) is 3.57. The lowest BCUT2D eigenvalue weighted by Gasteiger charge is -2.32. The van der Waals surface area contributed by atoms with Crippen LogP contribution < -0.4 is 5.32 Å². The van der Waals surface area contributed by atoms with Gasteiger partial charge in [0.05, 0.1) is 24.0 Å². The van der Waals surface area contributed by atoms with Gasteiger partial charge in [-0.05, 0) is 30.8 Å². The zero-order valence-electron chi connectivity index (χ0n) is 16.5. The maximum atomic E-state index is 12.2. The quantitative estimate of drug-likeness (QED) is 0.680. The lowest BCUT2D eigenvalue weighted by Crippen LogP contribution is -2.43. The first-order chi connectivity index (χ1) is 14.2. The van der Waals surface area contributed by atoms with Crippen LogP contribution in [0.3, 0.4) is 0 Å². The van der Waals surface area contributed by atoms with E-state index in [1.807, 2.05) is 11.4 Å². The van der Waals surface area contributed by atoms with Crippen molar-refractivity contribution in [3.05, 3.63) is 65.4 Å². The third kappa shape index (κ3) is 5.47. The minimum absolute atomic E-state index is 0.0846. The fraction of sp³-hybridized carbons (Fsp3) is 0.318. The molecule has 1 aromatic carbocycles. The molecule has 7 heteroatoms. The summed E-state index contributed by atoms with van der Waals surface area (Å²) < 4.78 is 0. The van der Waals surface area contributed by atoms with Crippen LogP contribution in [0.2, 0.25) is 0 Å². The van der Waals surface area contributed by atoms with E-state index in [2.05, 4.69) is 56.4 Å². The molecular weight excluding hydrogens is 382 g/mol. The number of hydrogen-bond donors (Lipinski definition) is 1. The minimum atomic E-state index is -0.0846. The zero-order valence-corrected chi connectivity index (χ0v) is 17.4. The molecule has 0 aliphatic carbocycles. The molecule has 2 aromatic heterocycles. The van der Waals surface area contributed by atoms with E-state index in [0.717, 1.165) is 49.0 Å². The molecule has 6 nitrogen and oxygen atoms in total. The highest BCUT2D eigenvalue weighted by Gasteiger charge is 2.15. The molecule has 1 aliphatic rings. The Morgan fingerprint density at radius 1 is 1.17 bits per heavy atom. The first-order valence-electron chi connectivity index (χ1n) is 9.80. The average molecular weight is 408 g/mol. The third-order valence-electron chi connectivity index (χ3n) is 5.01. The fourth-order valence-corrected chi connectivity index (χ4v) is 4.21. The second-order valence-corrected chi connectivity index (χ2v) is 8.25. The van der Waals surface area contributed by atoms with Crippen LogP contribution in [0.4, 0.5) is 5.69 Å². The Labute approximate surface area is 175 Å². The van der Waals surface area contributed by atoms with Crippen LogP contribution in [-0.4, -0.2) is 58.9 Å². The van der Waals surface area contributed by atoms with E-state index >= 15 is 0 Å². The summed E-state index contributed by atoms with van der Waals surface area (Å²) in [5.41, 5.74) is 3.90. The highest BCUT2D eigenvalue weighted by atomic mass is 32.1. The second-order valence-electron chi connectivity index (χ2n) is 7.39. The van der Waals surface area contributed by atoms with Gasteiger partial charge in [-0.25, -0.2) is 4.98 Å². The van der Waals surface area contributed by atoms with E-state index in [1.165, 1.54) is 5.56 Å². The molecule has 3 aromatic rings. The highest BCUT2D eigenvalue weighted by Crippen LogP contribution is 2.25. The molecule has 3 heterocycles. The summed E-state index contributed by atoms with van der Waals surface area (Å²) in [7, 11) is 2.18. The summed E-state index contributed by atoms with van der Waals surface area (Å²) >= 11 is 1.58. The van der Waals surface area contributed by atoms with Gasteiger partial charge < -0.3 is 10.2 Å². The van der Waals surface area contributed by atoms with Crippen molar-refractivity contribution in [2.24, 2.45) is 0 Å². The number of rotatable bonds is 6. The number of pyridine rings is 1. The molecule has 1 saturated heterocycles. The van der Waals surface area contributed by atoms with Gasteiger partial charge in [0.25, 0.3) is 0 Å². The van der Waals surface area contributed by atoms with Crippen molar-refractivity contribution in [1.82, 2.24) is 19.8 Å². The van der Waals surface area contributed by atoms with Gasteiger partial charge in [-0.3, -0.25) is 14.7 Å². The average Bonchev–Trinajstić information content (AvgIpc) is 3.19. The van der Waals surface area contributed by atoms with Crippen molar-refractivity contribution < 1.29 is 4.79 Å². The third-order valence-corrected chi connectivity index (χ3v) is 5.95. The Morgan fingerprint density at radius 3 is 2.83 bits per heavy atom. The first-order valence-corrected chi connectivity index (χ1v) is 10.7. The number of piperazine rings is 1. The topological polar surface area (TPSA) is 61.4 Å². The Hall–Kier alpha value is -2.61. The van der Waals surface area contributed by atoms with E-state index < -0.39 is 0 Å². The smallest absolute Gasteiger partial charge is 0.230 e. The van der Waals surface area contributed by atoms with Gasteiger partial charge in [0, 0.05) is 49.9 Å². The molecule has 0 radical (unpaired) electrons. The fourth-order valence-electron chi connectivity index (χ4n) is 3.39. The van der Waals surface area contributed by atoms with E-state index in [9.17, 15) is 4.79 Å². The normalized spacial score (nSPS) is 15.3. The Morgan fingerprint density at radius 2 is 2.03 bits per heavy atom. The second kappa shape index (κ2) is 9.26. The van der Waals surface area contributed by atoms with E-state index in [1.54, 1.807) is 29.8 Å². The van der Waals surface area contributed by atoms with Crippen LogP contribution >= 0.6 is 11.3 Å². The van der Waals surface area contributed by atoms with Crippen molar-refractivity contribution in [2.45, 2.75) is 13.0 Å². The molecule has 0 spiro atoms. The minimum Gasteiger partial charge on any atom is -0.324 e. The Balaban J connectivity index is 1.38. The number of aromatic nitrogens is 2. The van der Waals surface area contributed by atoms with Crippen LogP contribution in [-0.2, 0) is 17.8 Å². The molecule has 150 valence electrons. The lowest BCUT2D eigenvalue weighted by molar-refractivity contribution is -0.115. The van der Waals surface area contributed by atoms with Gasteiger partial charge in [-0.15, -0.1) is 11.3 Å². The predicted octanol–water partition coefficient (Wildman–Crippen LogP) is 3.13. The molecule has 1 amide bonds. The molecule has 0 atom stereocenters. The zero-order chi connectivity index (χ0) is 20.1. The largest absolute Gasteiger partial charge is 0.324 e. The number of carbonyl (C=O) groups excluding carboxylic acids is 1. The summed E-state index contributed by atoms with van der Waals surface area (Å²) in [5, 5.41) is 5.77. The molecule has 4 rings (SSSR count). The lowest BCUT2D eigenvalue weighted by atomic mass is 10.1. The van der Waals surface area contributed by atoms with Crippen LogP contribution in [0, 0.1) is 0 Å². The Kier molecular flexibility index (Phi) is 6.29. The molecule has 1 N–H and O–H groups in total. The van der Waals surface area contributed by atoms with Crippen LogP contribution in [0.15, 0.2) is 54.2 Å². The van der Waals surface area contributed by atoms with Crippen LogP contribution in [0.25, 0.3) is 10.6 Å². The van der Waals surface area contributed by atoms with Crippen molar-refractivity contribution in [1.29, 1.82) is 0 Å². The van der Waals surface area contributed by atoms with Gasteiger partial charge >= 0.3 is 0 Å². The van der Waals surface area contributed by atoms with Crippen molar-refractivity contribution in [3.63, 3.8) is 0 Å². The van der Waals surface area contributed by atoms with Gasteiger partial charge in [-0.2, -0.15) is 0 Å². The monoisotopic (exact) mass is 407 g/mol. The van der Waals surface area contributed by atoms with E-state index in [-0.39, 0.29) is 12.3 Å². The van der Waals surface area contributed by atoms with Gasteiger partial charge in [0.15, 0.2) is 0 Å². The molecular formula is C22H25N5OS. The predicted molar refractivity (Wildman–Crippen MR) is 117 cm³/mol. The number of hydrogen-bond acceptors (Lipinski definition) is 6. The number of nitrogens with zero attached hydrogens (tertiary/aromatic N) is 4. The van der Waals surface area contributed by atoms with Gasteiger partial charge in [0.1, 0.15) is 5.01 Å². The standard InChI is InChI=1S/C22H25N5OS/c1-26-8-10-27(11-9-26)15-17-4-2-5-18(12-17)22-25-20(16-29-22)13-21(28)24-19-6-3-7-23-14-19/h2-7,12,14,16H,8-11,13,15H2,1H3,(H,24,28). The van der Waals surface area contributed by atoms with Crippen molar-refractivity contribution in [2.75, 3.05) is 38.5 Å². The van der Waals surface area contributed by atoms with Gasteiger partial charge in [-0.1, -0.05) is 18.2 Å². The molecule has 0 saturated carbocycles. The Bertz CT molecular complexity index is 951.